The van der Waals surface area contributed by atoms with Gasteiger partial charge in [-0.2, -0.15) is 0 Å². The molecule has 2 atom stereocenters. The van der Waals surface area contributed by atoms with Crippen molar-refractivity contribution >= 4 is 23.6 Å². The van der Waals surface area contributed by atoms with Gasteiger partial charge in [-0.05, 0) is 89.5 Å². The van der Waals surface area contributed by atoms with Crippen LogP contribution < -0.4 is 26.8 Å². The molecule has 2 unspecified atom stereocenters. The Hall–Kier alpha value is -2.26. The van der Waals surface area contributed by atoms with Gasteiger partial charge in [0.1, 0.15) is 29.5 Å². The van der Waals surface area contributed by atoms with Crippen LogP contribution in [0, 0.1) is 5.92 Å². The molecular weight excluding hydrogens is 751 g/mol. The van der Waals surface area contributed by atoms with E-state index in [1.165, 1.54) is 96.3 Å². The van der Waals surface area contributed by atoms with Crippen molar-refractivity contribution in [3.8, 4) is 0 Å². The van der Waals surface area contributed by atoms with Crippen molar-refractivity contribution in [2.75, 3.05) is 37.4 Å². The maximum Gasteiger partial charge on any atom is 0.306 e. The van der Waals surface area contributed by atoms with E-state index in [2.05, 4.69) is 43.6 Å². The Labute approximate surface area is 368 Å². The third kappa shape index (κ3) is 27.6. The van der Waals surface area contributed by atoms with Gasteiger partial charge in [-0.3, -0.25) is 19.7 Å². The second-order valence-corrected chi connectivity index (χ2v) is 18.1. The number of nitrogens with one attached hydrogen (secondary N) is 3. The summed E-state index contributed by atoms with van der Waals surface area (Å²) in [6.07, 6.45) is 38.6. The van der Waals surface area contributed by atoms with Crippen LogP contribution in [0.15, 0.2) is 9.59 Å². The van der Waals surface area contributed by atoms with Crippen LogP contribution >= 0.6 is 0 Å². The molecular formula is C51H95N3O6. The van der Waals surface area contributed by atoms with Crippen LogP contribution in [-0.2, 0) is 19.1 Å². The monoisotopic (exact) mass is 846 g/mol. The molecule has 0 heterocycles. The Morgan fingerprint density at radius 3 is 1.70 bits per heavy atom. The van der Waals surface area contributed by atoms with E-state index in [1.807, 2.05) is 0 Å². The number of hydrogen-bond acceptors (Lipinski definition) is 9. The van der Waals surface area contributed by atoms with Crippen molar-refractivity contribution in [3.05, 3.63) is 20.4 Å². The molecule has 1 rings (SSSR count). The van der Waals surface area contributed by atoms with Crippen LogP contribution in [0.4, 0.5) is 11.4 Å². The summed E-state index contributed by atoms with van der Waals surface area (Å²) in [7, 11) is 1.67. The molecule has 0 saturated heterocycles. The number of rotatable bonds is 46. The number of ether oxygens (including phenoxy) is 2. The van der Waals surface area contributed by atoms with Gasteiger partial charge in [-0.25, -0.2) is 0 Å². The lowest BCUT2D eigenvalue weighted by Gasteiger charge is -2.37. The van der Waals surface area contributed by atoms with Crippen LogP contribution in [0.1, 0.15) is 246 Å². The van der Waals surface area contributed by atoms with Crippen molar-refractivity contribution in [1.82, 2.24) is 5.32 Å². The fourth-order valence-corrected chi connectivity index (χ4v) is 8.41. The zero-order valence-corrected chi connectivity index (χ0v) is 39.8. The lowest BCUT2D eigenvalue weighted by Crippen LogP contribution is -2.49. The van der Waals surface area contributed by atoms with Crippen molar-refractivity contribution in [2.24, 2.45) is 5.92 Å². The fraction of sp³-hybridized carbons (Fsp3) is 0.882. The standard InChI is InChI=1S/C51H95N3O6/c1-6-9-12-15-20-27-35-45(36-28-21-16-13-10-7-2)60-46(56)37-29-22-17-24-31-41-54-51(38-30-23-18-25-32-42-55,59-43-44(4)34-26-19-14-11-8-3)39-33-40-53-48-47(52-5)49(57)50(48)58/h42,44-45,52-54H,6-41,43H2,1-5H3. The predicted molar refractivity (Wildman–Crippen MR) is 255 cm³/mol. The smallest absolute Gasteiger partial charge is 0.306 e. The molecule has 9 nitrogen and oxygen atoms in total. The van der Waals surface area contributed by atoms with Gasteiger partial charge in [-0.1, -0.05) is 156 Å². The van der Waals surface area contributed by atoms with E-state index in [4.69, 9.17) is 9.47 Å². The Bertz CT molecular complexity index is 1220. The first kappa shape index (κ1) is 55.8. The predicted octanol–water partition coefficient (Wildman–Crippen LogP) is 13.1. The zero-order chi connectivity index (χ0) is 43.9. The Morgan fingerprint density at radius 1 is 0.600 bits per heavy atom. The summed E-state index contributed by atoms with van der Waals surface area (Å²) < 4.78 is 13.0. The highest BCUT2D eigenvalue weighted by Crippen LogP contribution is 2.27. The number of carbonyl (C=O) groups is 2. The van der Waals surface area contributed by atoms with Gasteiger partial charge in [0.05, 0.1) is 6.61 Å². The van der Waals surface area contributed by atoms with Gasteiger partial charge in [0, 0.05) is 26.4 Å². The minimum atomic E-state index is -0.478. The van der Waals surface area contributed by atoms with E-state index >= 15 is 0 Å². The van der Waals surface area contributed by atoms with Gasteiger partial charge < -0.3 is 24.9 Å². The molecule has 350 valence electrons. The number of anilines is 2. The molecule has 0 spiro atoms. The summed E-state index contributed by atoms with van der Waals surface area (Å²) >= 11 is 0. The molecule has 0 aromatic heterocycles. The van der Waals surface area contributed by atoms with Crippen LogP contribution in [0.25, 0.3) is 0 Å². The molecule has 0 aliphatic carbocycles. The highest BCUT2D eigenvalue weighted by molar-refractivity contribution is 5.73. The van der Waals surface area contributed by atoms with Gasteiger partial charge in [0.25, 0.3) is 10.9 Å². The van der Waals surface area contributed by atoms with Gasteiger partial charge in [0.15, 0.2) is 0 Å². The Kier molecular flexibility index (Phi) is 35.7. The average Bonchev–Trinajstić information content (AvgIpc) is 3.25. The second kappa shape index (κ2) is 38.4. The van der Waals surface area contributed by atoms with E-state index in [0.717, 1.165) is 122 Å². The highest BCUT2D eigenvalue weighted by atomic mass is 16.5. The Balaban J connectivity index is 2.72. The summed E-state index contributed by atoms with van der Waals surface area (Å²) in [4.78, 5) is 47.9. The highest BCUT2D eigenvalue weighted by Gasteiger charge is 2.30. The largest absolute Gasteiger partial charge is 0.462 e. The third-order valence-electron chi connectivity index (χ3n) is 12.4. The molecule has 0 radical (unpaired) electrons. The third-order valence-corrected chi connectivity index (χ3v) is 12.4. The van der Waals surface area contributed by atoms with Crippen LogP contribution in [0.5, 0.6) is 0 Å². The molecule has 9 heteroatoms. The normalized spacial score (nSPS) is 13.2. The minimum absolute atomic E-state index is 0.0110. The first-order chi connectivity index (χ1) is 29.3. The lowest BCUT2D eigenvalue weighted by molar-refractivity contribution is -0.150. The quantitative estimate of drug-likeness (QED) is 0.0193. The van der Waals surface area contributed by atoms with Gasteiger partial charge >= 0.3 is 5.97 Å². The molecule has 0 fully saturated rings. The molecule has 60 heavy (non-hydrogen) atoms. The van der Waals surface area contributed by atoms with Crippen molar-refractivity contribution in [3.63, 3.8) is 0 Å². The molecule has 1 aromatic rings. The van der Waals surface area contributed by atoms with Gasteiger partial charge in [0.2, 0.25) is 0 Å². The molecule has 3 N–H and O–H groups in total. The molecule has 1 aromatic carbocycles. The van der Waals surface area contributed by atoms with Crippen molar-refractivity contribution in [2.45, 2.75) is 258 Å². The van der Waals surface area contributed by atoms with Crippen LogP contribution in [-0.4, -0.2) is 50.8 Å². The van der Waals surface area contributed by atoms with E-state index in [1.54, 1.807) is 7.05 Å². The summed E-state index contributed by atoms with van der Waals surface area (Å²) in [5, 5.41) is 9.97. The summed E-state index contributed by atoms with van der Waals surface area (Å²) in [6.45, 7) is 11.2. The Morgan fingerprint density at radius 2 is 1.10 bits per heavy atom. The molecule has 0 bridgehead atoms. The van der Waals surface area contributed by atoms with Crippen LogP contribution in [0.3, 0.4) is 0 Å². The van der Waals surface area contributed by atoms with Gasteiger partial charge in [-0.15, -0.1) is 0 Å². The number of unbranched alkanes of at least 4 members (excludes halogenated alkanes) is 22. The molecule has 0 saturated carbocycles. The maximum atomic E-state index is 12.9. The summed E-state index contributed by atoms with van der Waals surface area (Å²) in [5.74, 6) is 0.455. The number of carbonyl (C=O) groups excluding carboxylic acids is 2. The second-order valence-electron chi connectivity index (χ2n) is 18.1. The van der Waals surface area contributed by atoms with E-state index in [-0.39, 0.29) is 12.1 Å². The first-order valence-corrected chi connectivity index (χ1v) is 25.5. The van der Waals surface area contributed by atoms with E-state index < -0.39 is 16.6 Å². The number of aldehydes is 1. The lowest BCUT2D eigenvalue weighted by atomic mass is 9.97. The number of esters is 1. The summed E-state index contributed by atoms with van der Waals surface area (Å²) in [6, 6.07) is 0. The van der Waals surface area contributed by atoms with E-state index in [9.17, 15) is 19.2 Å². The zero-order valence-electron chi connectivity index (χ0n) is 39.8. The van der Waals surface area contributed by atoms with E-state index in [0.29, 0.717) is 43.3 Å². The average molecular weight is 846 g/mol. The fourth-order valence-electron chi connectivity index (χ4n) is 8.41. The SMILES string of the molecule is CCCCCCCCC(CCCCCCCC)OC(=O)CCCCCCCNC(CCCCCCC=O)(CCCNc1c(NC)c(=O)c1=O)OCC(C)CCCCCCC. The minimum Gasteiger partial charge on any atom is -0.462 e. The topological polar surface area (TPSA) is 123 Å². The molecule has 0 aliphatic heterocycles. The molecule has 0 amide bonds. The van der Waals surface area contributed by atoms with Crippen LogP contribution in [0.2, 0.25) is 0 Å². The van der Waals surface area contributed by atoms with Crippen molar-refractivity contribution < 1.29 is 19.1 Å². The number of hydrogen-bond donors (Lipinski definition) is 3. The first-order valence-electron chi connectivity index (χ1n) is 25.5. The van der Waals surface area contributed by atoms with Crippen molar-refractivity contribution in [1.29, 1.82) is 0 Å². The molecule has 0 aliphatic rings. The summed E-state index contributed by atoms with van der Waals surface area (Å²) in [5.41, 5.74) is -0.617. The maximum absolute atomic E-state index is 12.9.